The molecule has 10 heteroatoms. The molecule has 1 aromatic rings. The Balaban J connectivity index is 0.00000676. The molecule has 0 aromatic heterocycles. The number of hydrogen-bond acceptors (Lipinski definition) is 5. The van der Waals surface area contributed by atoms with Gasteiger partial charge in [-0.3, -0.25) is 4.99 Å². The summed E-state index contributed by atoms with van der Waals surface area (Å²) in [6, 6.07) is 4.13. The van der Waals surface area contributed by atoms with E-state index < -0.39 is 15.7 Å². The number of sulfone groups is 1. The molecule has 0 aliphatic rings. The van der Waals surface area contributed by atoms with Gasteiger partial charge >= 0.3 is 0 Å². The molecule has 1 aromatic carbocycles. The van der Waals surface area contributed by atoms with Crippen molar-refractivity contribution in [2.45, 2.75) is 12.3 Å². The van der Waals surface area contributed by atoms with E-state index in [0.717, 1.165) is 19.3 Å². The molecule has 0 amide bonds. The van der Waals surface area contributed by atoms with E-state index in [4.69, 9.17) is 4.74 Å². The lowest BCUT2D eigenvalue weighted by Crippen LogP contribution is -2.41. The van der Waals surface area contributed by atoms with E-state index in [-0.39, 0.29) is 36.3 Å². The summed E-state index contributed by atoms with van der Waals surface area (Å²) >= 11 is 0. The number of nitrogens with one attached hydrogen (secondary N) is 2. The predicted molar refractivity (Wildman–Crippen MR) is 118 cm³/mol. The fourth-order valence-electron chi connectivity index (χ4n) is 2.31. The number of benzene rings is 1. The van der Waals surface area contributed by atoms with Gasteiger partial charge in [-0.2, -0.15) is 0 Å². The van der Waals surface area contributed by atoms with Crippen molar-refractivity contribution in [3.8, 4) is 0 Å². The second kappa shape index (κ2) is 13.2. The van der Waals surface area contributed by atoms with Crippen molar-refractivity contribution in [2.75, 3.05) is 53.7 Å². The normalized spacial score (nSPS) is 12.0. The first kappa shape index (κ1) is 26.0. The maximum Gasteiger partial charge on any atom is 0.191 e. The maximum absolute atomic E-state index is 13.5. The summed E-state index contributed by atoms with van der Waals surface area (Å²) in [5.41, 5.74) is 1.17. The Morgan fingerprint density at radius 2 is 1.96 bits per heavy atom. The second-order valence-electron chi connectivity index (χ2n) is 6.13. The minimum atomic E-state index is -3.20. The van der Waals surface area contributed by atoms with Crippen LogP contribution in [0.25, 0.3) is 0 Å². The van der Waals surface area contributed by atoms with Crippen molar-refractivity contribution < 1.29 is 17.5 Å². The molecule has 0 saturated heterocycles. The van der Waals surface area contributed by atoms with Crippen molar-refractivity contribution in [1.29, 1.82) is 0 Å². The third-order valence-electron chi connectivity index (χ3n) is 3.72. The first-order chi connectivity index (χ1) is 12.2. The van der Waals surface area contributed by atoms with Crippen LogP contribution >= 0.6 is 24.0 Å². The topological polar surface area (TPSA) is 83.0 Å². The van der Waals surface area contributed by atoms with Crippen LogP contribution in [0.15, 0.2) is 23.2 Å². The SMILES string of the molecule is CN=C(NCCN(C)CCOC)NCc1cc(F)ccc1CS(C)(=O)=O.I. The average Bonchev–Trinajstić information content (AvgIpc) is 2.57. The fraction of sp³-hybridized carbons (Fsp3) is 0.588. The molecular weight excluding hydrogens is 486 g/mol. The number of rotatable bonds is 10. The summed E-state index contributed by atoms with van der Waals surface area (Å²) < 4.78 is 41.7. The Kier molecular flexibility index (Phi) is 12.8. The van der Waals surface area contributed by atoms with Gasteiger partial charge in [0.2, 0.25) is 0 Å². The van der Waals surface area contributed by atoms with Crippen LogP contribution in [-0.4, -0.2) is 73.0 Å². The molecule has 0 aliphatic heterocycles. The van der Waals surface area contributed by atoms with Gasteiger partial charge in [-0.1, -0.05) is 6.07 Å². The quantitative estimate of drug-likeness (QED) is 0.277. The molecule has 0 atom stereocenters. The van der Waals surface area contributed by atoms with E-state index in [9.17, 15) is 12.8 Å². The van der Waals surface area contributed by atoms with Crippen LogP contribution in [0.4, 0.5) is 4.39 Å². The van der Waals surface area contributed by atoms with Gasteiger partial charge in [-0.15, -0.1) is 24.0 Å². The summed E-state index contributed by atoms with van der Waals surface area (Å²) in [4.78, 5) is 6.25. The molecule has 156 valence electrons. The Bertz CT molecular complexity index is 701. The number of likely N-dealkylation sites (N-methyl/N-ethyl adjacent to an activating group) is 1. The highest BCUT2D eigenvalue weighted by atomic mass is 127. The van der Waals surface area contributed by atoms with Gasteiger partial charge in [0.15, 0.2) is 15.8 Å². The largest absolute Gasteiger partial charge is 0.383 e. The smallest absolute Gasteiger partial charge is 0.191 e. The predicted octanol–water partition coefficient (Wildman–Crippen LogP) is 1.23. The van der Waals surface area contributed by atoms with Gasteiger partial charge in [0, 0.05) is 46.6 Å². The van der Waals surface area contributed by atoms with Gasteiger partial charge in [-0.05, 0) is 30.3 Å². The summed E-state index contributed by atoms with van der Waals surface area (Å²) in [5.74, 6) is 0.0436. The average molecular weight is 516 g/mol. The van der Waals surface area contributed by atoms with Gasteiger partial charge in [0.1, 0.15) is 5.82 Å². The molecule has 0 saturated carbocycles. The highest BCUT2D eigenvalue weighted by Gasteiger charge is 2.11. The zero-order valence-corrected chi connectivity index (χ0v) is 19.4. The Morgan fingerprint density at radius 3 is 2.56 bits per heavy atom. The van der Waals surface area contributed by atoms with Crippen molar-refractivity contribution in [3.05, 3.63) is 35.1 Å². The summed E-state index contributed by atoms with van der Waals surface area (Å²) in [5, 5.41) is 6.26. The first-order valence-corrected chi connectivity index (χ1v) is 10.4. The third-order valence-corrected chi connectivity index (χ3v) is 4.55. The first-order valence-electron chi connectivity index (χ1n) is 8.32. The van der Waals surface area contributed by atoms with Gasteiger partial charge in [-0.25, -0.2) is 12.8 Å². The van der Waals surface area contributed by atoms with E-state index in [2.05, 4.69) is 20.5 Å². The Hall–Kier alpha value is -0.980. The molecule has 0 aliphatic carbocycles. The van der Waals surface area contributed by atoms with Crippen LogP contribution in [0.3, 0.4) is 0 Å². The minimum absolute atomic E-state index is 0. The van der Waals surface area contributed by atoms with Crippen LogP contribution in [0.1, 0.15) is 11.1 Å². The lowest BCUT2D eigenvalue weighted by molar-refractivity contribution is 0.162. The summed E-state index contributed by atoms with van der Waals surface area (Å²) in [6.45, 7) is 3.28. The molecule has 27 heavy (non-hydrogen) atoms. The maximum atomic E-state index is 13.5. The number of guanidine groups is 1. The molecule has 0 unspecified atom stereocenters. The standard InChI is InChI=1S/C17H29FN4O3S.HI/c1-19-17(20-7-8-22(2)9-10-25-3)21-12-15-11-16(18)6-5-14(15)13-26(4,23)24;/h5-6,11H,7-10,12-13H2,1-4H3,(H2,19,20,21);1H. The van der Waals surface area contributed by atoms with Crippen LogP contribution in [0.5, 0.6) is 0 Å². The lowest BCUT2D eigenvalue weighted by Gasteiger charge is -2.18. The monoisotopic (exact) mass is 516 g/mol. The minimum Gasteiger partial charge on any atom is -0.383 e. The number of ether oxygens (including phenoxy) is 1. The van der Waals surface area contributed by atoms with Crippen LogP contribution in [0.2, 0.25) is 0 Å². The van der Waals surface area contributed by atoms with E-state index in [1.54, 1.807) is 14.2 Å². The van der Waals surface area contributed by atoms with Crippen molar-refractivity contribution in [3.63, 3.8) is 0 Å². The molecule has 2 N–H and O–H groups in total. The number of aliphatic imine (C=N–C) groups is 1. The van der Waals surface area contributed by atoms with Crippen LogP contribution in [0, 0.1) is 5.82 Å². The molecule has 7 nitrogen and oxygen atoms in total. The van der Waals surface area contributed by atoms with E-state index >= 15 is 0 Å². The Morgan fingerprint density at radius 1 is 1.26 bits per heavy atom. The van der Waals surface area contributed by atoms with E-state index in [1.165, 1.54) is 18.2 Å². The molecule has 0 bridgehead atoms. The van der Waals surface area contributed by atoms with E-state index in [1.807, 2.05) is 7.05 Å². The number of halogens is 2. The van der Waals surface area contributed by atoms with E-state index in [0.29, 0.717) is 30.2 Å². The molecule has 0 spiro atoms. The molecular formula is C17H30FIN4O3S. The van der Waals surface area contributed by atoms with Gasteiger partial charge < -0.3 is 20.3 Å². The zero-order chi connectivity index (χ0) is 19.6. The number of methoxy groups -OCH3 is 1. The molecule has 0 fully saturated rings. The van der Waals surface area contributed by atoms with Crippen molar-refractivity contribution in [2.24, 2.45) is 4.99 Å². The third kappa shape index (κ3) is 11.5. The zero-order valence-electron chi connectivity index (χ0n) is 16.3. The lowest BCUT2D eigenvalue weighted by atomic mass is 10.1. The second-order valence-corrected chi connectivity index (χ2v) is 8.27. The Labute approximate surface area is 178 Å². The highest BCUT2D eigenvalue weighted by molar-refractivity contribution is 14.0. The van der Waals surface area contributed by atoms with Crippen molar-refractivity contribution >= 4 is 39.8 Å². The highest BCUT2D eigenvalue weighted by Crippen LogP contribution is 2.14. The fourth-order valence-corrected chi connectivity index (χ4v) is 3.15. The molecule has 1 rings (SSSR count). The summed E-state index contributed by atoms with van der Waals surface area (Å²) in [6.07, 6.45) is 1.16. The molecule has 0 radical (unpaired) electrons. The van der Waals surface area contributed by atoms with Crippen LogP contribution < -0.4 is 10.6 Å². The molecule has 0 heterocycles. The number of hydrogen-bond donors (Lipinski definition) is 2. The summed E-state index contributed by atoms with van der Waals surface area (Å²) in [7, 11) is 2.12. The number of nitrogens with zero attached hydrogens (tertiary/aromatic N) is 2. The van der Waals surface area contributed by atoms with Crippen LogP contribution in [-0.2, 0) is 26.9 Å². The van der Waals surface area contributed by atoms with Gasteiger partial charge in [0.25, 0.3) is 0 Å². The van der Waals surface area contributed by atoms with Crippen molar-refractivity contribution in [1.82, 2.24) is 15.5 Å². The van der Waals surface area contributed by atoms with Gasteiger partial charge in [0.05, 0.1) is 12.4 Å².